The van der Waals surface area contributed by atoms with Crippen molar-refractivity contribution in [1.29, 1.82) is 0 Å². The van der Waals surface area contributed by atoms with Gasteiger partial charge in [0.25, 0.3) is 0 Å². The van der Waals surface area contributed by atoms with Crippen LogP contribution in [0.2, 0.25) is 0 Å². The minimum Gasteiger partial charge on any atom is -0.744 e. The molecule has 0 spiro atoms. The first kappa shape index (κ1) is 17.3. The van der Waals surface area contributed by atoms with Crippen LogP contribution in [0.4, 0.5) is 0 Å². The summed E-state index contributed by atoms with van der Waals surface area (Å²) in [7, 11) is -4.41. The summed E-state index contributed by atoms with van der Waals surface area (Å²) in [5.74, 6) is 0. The van der Waals surface area contributed by atoms with Crippen LogP contribution in [-0.4, -0.2) is 13.0 Å². The summed E-state index contributed by atoms with van der Waals surface area (Å²) in [5.41, 5.74) is 0.630. The first-order valence-corrected chi connectivity index (χ1v) is 7.41. The molecule has 19 heavy (non-hydrogen) atoms. The van der Waals surface area contributed by atoms with E-state index < -0.39 is 10.1 Å². The molecule has 0 bridgehead atoms. The molecule has 0 atom stereocenters. The van der Waals surface area contributed by atoms with Crippen LogP contribution in [0.5, 0.6) is 0 Å². The van der Waals surface area contributed by atoms with Crippen LogP contribution in [0.1, 0.15) is 25.3 Å². The Kier molecular flexibility index (Phi) is 6.66. The first-order valence-electron chi connectivity index (χ1n) is 6.00. The Labute approximate surface area is 156 Å². The summed E-state index contributed by atoms with van der Waals surface area (Å²) >= 11 is 0. The van der Waals surface area contributed by atoms with Gasteiger partial charge in [-0.3, -0.25) is 0 Å². The number of hydrogen-bond acceptors (Lipinski definition) is 3. The summed E-state index contributed by atoms with van der Waals surface area (Å²) in [6, 6.07) is 10.8. The van der Waals surface area contributed by atoms with E-state index in [1.807, 2.05) is 37.3 Å². The molecule has 5 heteroatoms. The molecule has 0 fully saturated rings. The number of unbranched alkanes of at least 4 members (excludes halogenated alkanes) is 1. The summed E-state index contributed by atoms with van der Waals surface area (Å²) in [4.78, 5) is -0.0744. The van der Waals surface area contributed by atoms with Crippen molar-refractivity contribution in [3.05, 3.63) is 42.0 Å². The predicted molar refractivity (Wildman–Crippen MR) is 70.5 cm³/mol. The van der Waals surface area contributed by atoms with Crippen LogP contribution in [0, 0.1) is 0 Å². The molecule has 3 nitrogen and oxygen atoms in total. The van der Waals surface area contributed by atoms with Crippen LogP contribution in [-0.2, 0) is 16.5 Å². The van der Waals surface area contributed by atoms with Gasteiger partial charge in [0.2, 0.25) is 0 Å². The monoisotopic (exact) mass is 302 g/mol. The van der Waals surface area contributed by atoms with Gasteiger partial charge in [-0.1, -0.05) is 37.6 Å². The fourth-order valence-electron chi connectivity index (χ4n) is 2.06. The van der Waals surface area contributed by atoms with Crippen molar-refractivity contribution in [2.75, 3.05) is 0 Å². The second-order valence-electron chi connectivity index (χ2n) is 4.36. The van der Waals surface area contributed by atoms with E-state index in [1.165, 1.54) is 6.07 Å². The molecule has 0 aliphatic heterocycles. The Hall–Kier alpha value is 0.246. The molecule has 0 aliphatic rings. The number of aryl methyl sites for hydroxylation is 1. The molecule has 0 unspecified atom stereocenters. The van der Waals surface area contributed by atoms with E-state index in [1.54, 1.807) is 0 Å². The molecule has 2 aromatic rings. The Bertz CT molecular complexity index is 665. The Morgan fingerprint density at radius 2 is 1.68 bits per heavy atom. The normalized spacial score (nSPS) is 11.3. The molecule has 0 aliphatic carbocycles. The van der Waals surface area contributed by atoms with Gasteiger partial charge in [0.15, 0.2) is 0 Å². The van der Waals surface area contributed by atoms with Gasteiger partial charge in [-0.05, 0) is 41.3 Å². The standard InChI is InChI=1S/C14H16O3S.K/c1-2-3-6-13-9-11-7-4-5-8-12(11)10-14(13)18(15,16)17;/h4-5,7-10H,2-3,6H2,1H3,(H,15,16,17);/q;+1/p-1. The van der Waals surface area contributed by atoms with Gasteiger partial charge in [-0.15, -0.1) is 0 Å². The molecular formula is C14H15KO3S. The third-order valence-corrected chi connectivity index (χ3v) is 3.92. The molecule has 2 aromatic carbocycles. The Morgan fingerprint density at radius 1 is 1.11 bits per heavy atom. The fraction of sp³-hybridized carbons (Fsp3) is 0.286. The third kappa shape index (κ3) is 4.36. The van der Waals surface area contributed by atoms with E-state index in [9.17, 15) is 13.0 Å². The maximum atomic E-state index is 11.3. The summed E-state index contributed by atoms with van der Waals surface area (Å²) in [6.45, 7) is 2.03. The zero-order chi connectivity index (χ0) is 13.2. The minimum atomic E-state index is -4.41. The van der Waals surface area contributed by atoms with Crippen LogP contribution >= 0.6 is 0 Å². The van der Waals surface area contributed by atoms with Gasteiger partial charge in [-0.2, -0.15) is 0 Å². The molecule has 0 radical (unpaired) electrons. The van der Waals surface area contributed by atoms with Crippen LogP contribution in [0.25, 0.3) is 10.8 Å². The van der Waals surface area contributed by atoms with Crippen LogP contribution in [0.15, 0.2) is 41.3 Å². The average Bonchev–Trinajstić information content (AvgIpc) is 2.34. The zero-order valence-corrected chi connectivity index (χ0v) is 15.2. The average molecular weight is 302 g/mol. The molecule has 0 saturated heterocycles. The fourth-order valence-corrected chi connectivity index (χ4v) is 2.82. The zero-order valence-electron chi connectivity index (χ0n) is 11.2. The maximum absolute atomic E-state index is 11.3. The molecule has 0 heterocycles. The summed E-state index contributed by atoms with van der Waals surface area (Å²) in [5, 5.41) is 1.75. The van der Waals surface area contributed by atoms with Gasteiger partial charge < -0.3 is 4.55 Å². The van der Waals surface area contributed by atoms with Gasteiger partial charge >= 0.3 is 51.4 Å². The smallest absolute Gasteiger partial charge is 0.744 e. The van der Waals surface area contributed by atoms with Crippen molar-refractivity contribution in [2.45, 2.75) is 31.1 Å². The second kappa shape index (κ2) is 7.31. The van der Waals surface area contributed by atoms with E-state index in [0.717, 1.165) is 23.6 Å². The third-order valence-electron chi connectivity index (χ3n) is 3.00. The molecule has 0 saturated carbocycles. The second-order valence-corrected chi connectivity index (χ2v) is 5.71. The Balaban J connectivity index is 0.00000180. The first-order chi connectivity index (χ1) is 8.52. The van der Waals surface area contributed by atoms with Crippen LogP contribution in [0.3, 0.4) is 0 Å². The minimum absolute atomic E-state index is 0. The molecule has 0 amide bonds. The topological polar surface area (TPSA) is 57.2 Å². The predicted octanol–water partition coefficient (Wildman–Crippen LogP) is 0.0905. The largest absolute Gasteiger partial charge is 1.00 e. The van der Waals surface area contributed by atoms with E-state index >= 15 is 0 Å². The van der Waals surface area contributed by atoms with Crippen molar-refractivity contribution in [1.82, 2.24) is 0 Å². The van der Waals surface area contributed by atoms with E-state index in [-0.39, 0.29) is 56.3 Å². The molecular weight excluding hydrogens is 287 g/mol. The molecule has 2 rings (SSSR count). The summed E-state index contributed by atoms with van der Waals surface area (Å²) < 4.78 is 33.9. The number of benzene rings is 2. The van der Waals surface area contributed by atoms with Crippen molar-refractivity contribution in [3.63, 3.8) is 0 Å². The van der Waals surface area contributed by atoms with Gasteiger partial charge in [0.1, 0.15) is 10.1 Å². The number of hydrogen-bond donors (Lipinski definition) is 0. The van der Waals surface area contributed by atoms with Crippen molar-refractivity contribution >= 4 is 20.9 Å². The number of fused-ring (bicyclic) bond motifs is 1. The van der Waals surface area contributed by atoms with E-state index in [0.29, 0.717) is 12.0 Å². The molecule has 0 aromatic heterocycles. The quantitative estimate of drug-likeness (QED) is 0.594. The van der Waals surface area contributed by atoms with E-state index in [4.69, 9.17) is 0 Å². The van der Waals surface area contributed by atoms with E-state index in [2.05, 4.69) is 0 Å². The maximum Gasteiger partial charge on any atom is 1.00 e. The van der Waals surface area contributed by atoms with Gasteiger partial charge in [0, 0.05) is 0 Å². The van der Waals surface area contributed by atoms with Gasteiger partial charge in [0.05, 0.1) is 4.90 Å². The van der Waals surface area contributed by atoms with Crippen molar-refractivity contribution in [2.24, 2.45) is 0 Å². The SMILES string of the molecule is CCCCc1cc2ccccc2cc1S(=O)(=O)[O-].[K+]. The molecule has 0 N–H and O–H groups in total. The van der Waals surface area contributed by atoms with Crippen molar-refractivity contribution in [3.8, 4) is 0 Å². The van der Waals surface area contributed by atoms with Crippen molar-refractivity contribution < 1.29 is 64.4 Å². The number of rotatable bonds is 4. The summed E-state index contributed by atoms with van der Waals surface area (Å²) in [6.07, 6.45) is 2.46. The molecule has 96 valence electrons. The van der Waals surface area contributed by atoms with Crippen LogP contribution < -0.4 is 51.4 Å². The Morgan fingerprint density at radius 3 is 2.21 bits per heavy atom. The van der Waals surface area contributed by atoms with Gasteiger partial charge in [-0.25, -0.2) is 8.42 Å².